The van der Waals surface area contributed by atoms with Gasteiger partial charge in [-0.25, -0.2) is 8.42 Å². The molecular formula is C13H21NO5S. The van der Waals surface area contributed by atoms with Crippen LogP contribution >= 0.6 is 0 Å². The lowest BCUT2D eigenvalue weighted by Crippen LogP contribution is -2.20. The van der Waals surface area contributed by atoms with Gasteiger partial charge < -0.3 is 14.2 Å². The number of benzene rings is 1. The van der Waals surface area contributed by atoms with E-state index in [1.807, 2.05) is 6.92 Å². The van der Waals surface area contributed by atoms with Crippen molar-refractivity contribution >= 4 is 15.7 Å². The zero-order valence-electron chi connectivity index (χ0n) is 11.8. The van der Waals surface area contributed by atoms with Gasteiger partial charge in [-0.05, 0) is 31.2 Å². The molecule has 0 heterocycles. The molecule has 1 N–H and O–H groups in total. The number of hydrogen-bond acceptors (Lipinski definition) is 5. The maximum absolute atomic E-state index is 11.8. The summed E-state index contributed by atoms with van der Waals surface area (Å²) in [5.74, 6) is 0.613. The molecule has 0 bridgehead atoms. The fourth-order valence-electron chi connectivity index (χ4n) is 1.43. The normalized spacial score (nSPS) is 11.3. The molecule has 0 aliphatic rings. The predicted octanol–water partition coefficient (Wildman–Crippen LogP) is 1.49. The van der Waals surface area contributed by atoms with Crippen LogP contribution in [0.4, 0.5) is 5.69 Å². The Morgan fingerprint density at radius 2 is 1.80 bits per heavy atom. The number of rotatable bonds is 10. The van der Waals surface area contributed by atoms with Crippen LogP contribution in [0.1, 0.15) is 6.92 Å². The Kier molecular flexibility index (Phi) is 7.35. The van der Waals surface area contributed by atoms with E-state index in [1.54, 1.807) is 31.4 Å². The first-order valence-corrected chi connectivity index (χ1v) is 8.02. The molecule has 20 heavy (non-hydrogen) atoms. The zero-order valence-corrected chi connectivity index (χ0v) is 12.6. The SMILES string of the molecule is CCOc1ccc(NS(=O)(=O)CCOCCOC)cc1. The monoisotopic (exact) mass is 303 g/mol. The van der Waals surface area contributed by atoms with E-state index < -0.39 is 10.0 Å². The molecule has 0 unspecified atom stereocenters. The van der Waals surface area contributed by atoms with Gasteiger partial charge in [0, 0.05) is 12.8 Å². The van der Waals surface area contributed by atoms with Crippen molar-refractivity contribution < 1.29 is 22.6 Å². The van der Waals surface area contributed by atoms with Crippen molar-refractivity contribution in [2.45, 2.75) is 6.92 Å². The first-order chi connectivity index (χ1) is 9.57. The predicted molar refractivity (Wildman–Crippen MR) is 77.7 cm³/mol. The lowest BCUT2D eigenvalue weighted by molar-refractivity contribution is 0.0785. The van der Waals surface area contributed by atoms with Crippen LogP contribution in [-0.2, 0) is 19.5 Å². The van der Waals surface area contributed by atoms with E-state index in [2.05, 4.69) is 4.72 Å². The maximum atomic E-state index is 11.8. The summed E-state index contributed by atoms with van der Waals surface area (Å²) in [6.07, 6.45) is 0. The molecule has 0 atom stereocenters. The molecule has 0 fully saturated rings. The Hall–Kier alpha value is -1.31. The number of hydrogen-bond donors (Lipinski definition) is 1. The molecule has 7 heteroatoms. The molecule has 0 saturated heterocycles. The summed E-state index contributed by atoms with van der Waals surface area (Å²) in [6.45, 7) is 3.43. The van der Waals surface area contributed by atoms with Gasteiger partial charge in [0.05, 0.1) is 32.2 Å². The summed E-state index contributed by atoms with van der Waals surface area (Å²) in [5, 5.41) is 0. The van der Waals surface area contributed by atoms with Crippen LogP contribution in [-0.4, -0.2) is 47.7 Å². The zero-order chi connectivity index (χ0) is 14.8. The highest BCUT2D eigenvalue weighted by atomic mass is 32.2. The molecule has 0 aromatic heterocycles. The van der Waals surface area contributed by atoms with E-state index in [-0.39, 0.29) is 12.4 Å². The Morgan fingerprint density at radius 1 is 1.10 bits per heavy atom. The van der Waals surface area contributed by atoms with Crippen molar-refractivity contribution in [1.29, 1.82) is 0 Å². The molecule has 0 saturated carbocycles. The van der Waals surface area contributed by atoms with Crippen LogP contribution in [0.5, 0.6) is 5.75 Å². The Morgan fingerprint density at radius 3 is 2.40 bits per heavy atom. The second-order valence-corrected chi connectivity index (χ2v) is 5.83. The Bertz CT molecular complexity index is 472. The third-order valence-corrected chi connectivity index (χ3v) is 3.62. The highest BCUT2D eigenvalue weighted by Gasteiger charge is 2.10. The van der Waals surface area contributed by atoms with Gasteiger partial charge in [0.25, 0.3) is 0 Å². The summed E-state index contributed by atoms with van der Waals surface area (Å²) in [7, 11) is -1.84. The van der Waals surface area contributed by atoms with Crippen LogP contribution in [0, 0.1) is 0 Å². The number of nitrogens with one attached hydrogen (secondary N) is 1. The van der Waals surface area contributed by atoms with E-state index >= 15 is 0 Å². The van der Waals surface area contributed by atoms with Gasteiger partial charge in [-0.15, -0.1) is 0 Å². The van der Waals surface area contributed by atoms with E-state index in [0.29, 0.717) is 31.3 Å². The lowest BCUT2D eigenvalue weighted by Gasteiger charge is -2.09. The summed E-state index contributed by atoms with van der Waals surface area (Å²) >= 11 is 0. The average Bonchev–Trinajstić information content (AvgIpc) is 2.41. The van der Waals surface area contributed by atoms with E-state index in [9.17, 15) is 8.42 Å². The highest BCUT2D eigenvalue weighted by Crippen LogP contribution is 2.16. The van der Waals surface area contributed by atoms with Crippen LogP contribution in [0.25, 0.3) is 0 Å². The van der Waals surface area contributed by atoms with Gasteiger partial charge >= 0.3 is 0 Å². The van der Waals surface area contributed by atoms with E-state index in [0.717, 1.165) is 0 Å². The number of methoxy groups -OCH3 is 1. The Labute approximate surface area is 120 Å². The van der Waals surface area contributed by atoms with Crippen molar-refractivity contribution in [3.8, 4) is 5.75 Å². The summed E-state index contributed by atoms with van der Waals surface area (Å²) in [6, 6.07) is 6.76. The molecule has 6 nitrogen and oxygen atoms in total. The first-order valence-electron chi connectivity index (χ1n) is 6.37. The van der Waals surface area contributed by atoms with Crippen LogP contribution in [0.15, 0.2) is 24.3 Å². The van der Waals surface area contributed by atoms with Gasteiger partial charge in [-0.3, -0.25) is 4.72 Å². The van der Waals surface area contributed by atoms with Crippen molar-refractivity contribution in [2.24, 2.45) is 0 Å². The van der Waals surface area contributed by atoms with Crippen LogP contribution < -0.4 is 9.46 Å². The summed E-state index contributed by atoms with van der Waals surface area (Å²) in [5.41, 5.74) is 0.505. The van der Waals surface area contributed by atoms with E-state index in [1.165, 1.54) is 0 Å². The molecule has 114 valence electrons. The lowest BCUT2D eigenvalue weighted by atomic mass is 10.3. The minimum atomic E-state index is -3.40. The second kappa shape index (κ2) is 8.78. The topological polar surface area (TPSA) is 73.9 Å². The molecule has 1 aromatic carbocycles. The quantitative estimate of drug-likeness (QED) is 0.663. The molecular weight excluding hydrogens is 282 g/mol. The largest absolute Gasteiger partial charge is 0.494 e. The van der Waals surface area contributed by atoms with Gasteiger partial charge in [0.2, 0.25) is 10.0 Å². The Balaban J connectivity index is 2.41. The van der Waals surface area contributed by atoms with Crippen LogP contribution in [0.3, 0.4) is 0 Å². The molecule has 0 aliphatic carbocycles. The summed E-state index contributed by atoms with van der Waals surface area (Å²) < 4.78 is 41.3. The highest BCUT2D eigenvalue weighted by molar-refractivity contribution is 7.92. The van der Waals surface area contributed by atoms with Gasteiger partial charge in [-0.2, -0.15) is 0 Å². The smallest absolute Gasteiger partial charge is 0.234 e. The van der Waals surface area contributed by atoms with Crippen molar-refractivity contribution in [3.05, 3.63) is 24.3 Å². The van der Waals surface area contributed by atoms with Gasteiger partial charge in [0.1, 0.15) is 5.75 Å². The minimum Gasteiger partial charge on any atom is -0.494 e. The molecule has 1 aromatic rings. The van der Waals surface area contributed by atoms with Crippen molar-refractivity contribution in [1.82, 2.24) is 0 Å². The third kappa shape index (κ3) is 6.74. The van der Waals surface area contributed by atoms with Crippen molar-refractivity contribution in [2.75, 3.05) is 44.0 Å². The number of anilines is 1. The fourth-order valence-corrected chi connectivity index (χ4v) is 2.36. The van der Waals surface area contributed by atoms with Gasteiger partial charge in [-0.1, -0.05) is 0 Å². The maximum Gasteiger partial charge on any atom is 0.234 e. The fraction of sp³-hybridized carbons (Fsp3) is 0.538. The average molecular weight is 303 g/mol. The standard InChI is InChI=1S/C13H21NO5S/c1-3-19-13-6-4-12(5-7-13)14-20(15,16)11-10-18-9-8-17-2/h4-7,14H,3,8-11H2,1-2H3. The molecule has 0 radical (unpaired) electrons. The molecule has 0 amide bonds. The second-order valence-electron chi connectivity index (χ2n) is 3.98. The third-order valence-electron chi connectivity index (χ3n) is 2.37. The minimum absolute atomic E-state index is 0.0933. The van der Waals surface area contributed by atoms with Crippen LogP contribution in [0.2, 0.25) is 0 Å². The molecule has 1 rings (SSSR count). The van der Waals surface area contributed by atoms with Crippen molar-refractivity contribution in [3.63, 3.8) is 0 Å². The summed E-state index contributed by atoms with van der Waals surface area (Å²) in [4.78, 5) is 0. The van der Waals surface area contributed by atoms with Gasteiger partial charge in [0.15, 0.2) is 0 Å². The molecule has 0 spiro atoms. The number of ether oxygens (including phenoxy) is 3. The number of sulfonamides is 1. The van der Waals surface area contributed by atoms with E-state index in [4.69, 9.17) is 14.2 Å². The molecule has 0 aliphatic heterocycles. The first kappa shape index (κ1) is 16.7.